The normalized spacial score (nSPS) is 10.9. The third-order valence-electron chi connectivity index (χ3n) is 2.60. The lowest BCUT2D eigenvalue weighted by Gasteiger charge is -2.06. The standard InChI is InChI=1S/C13H15NO2S/c1-2-3-8-17-12-11(15)9-6-4-5-7-10(9)14-13(12)16/h4-7H,2-3,8H2,1H3,(H2,14,15,16). The van der Waals surface area contributed by atoms with Crippen LogP contribution in [-0.2, 0) is 0 Å². The van der Waals surface area contributed by atoms with E-state index in [-0.39, 0.29) is 11.3 Å². The van der Waals surface area contributed by atoms with Crippen molar-refractivity contribution < 1.29 is 5.11 Å². The molecule has 0 unspecified atom stereocenters. The third kappa shape index (κ3) is 2.47. The van der Waals surface area contributed by atoms with Crippen LogP contribution in [0.25, 0.3) is 10.9 Å². The summed E-state index contributed by atoms with van der Waals surface area (Å²) in [5.41, 5.74) is 0.470. The zero-order valence-corrected chi connectivity index (χ0v) is 10.5. The number of rotatable bonds is 4. The van der Waals surface area contributed by atoms with Gasteiger partial charge in [0.05, 0.1) is 5.52 Å². The number of thioether (sulfide) groups is 1. The van der Waals surface area contributed by atoms with Crippen LogP contribution in [0.5, 0.6) is 5.75 Å². The number of hydrogen-bond donors (Lipinski definition) is 2. The smallest absolute Gasteiger partial charge is 0.265 e. The Bertz CT molecular complexity index is 577. The zero-order chi connectivity index (χ0) is 12.3. The fourth-order valence-electron chi connectivity index (χ4n) is 1.66. The molecule has 0 radical (unpaired) electrons. The summed E-state index contributed by atoms with van der Waals surface area (Å²) in [6.07, 6.45) is 2.12. The maximum Gasteiger partial charge on any atom is 0.265 e. The van der Waals surface area contributed by atoms with Crippen molar-refractivity contribution in [1.29, 1.82) is 0 Å². The van der Waals surface area contributed by atoms with E-state index in [1.54, 1.807) is 6.07 Å². The molecule has 0 atom stereocenters. The summed E-state index contributed by atoms with van der Waals surface area (Å²) in [6.45, 7) is 2.10. The van der Waals surface area contributed by atoms with Crippen LogP contribution in [-0.4, -0.2) is 15.8 Å². The maximum absolute atomic E-state index is 11.8. The van der Waals surface area contributed by atoms with Gasteiger partial charge < -0.3 is 10.1 Å². The van der Waals surface area contributed by atoms with Gasteiger partial charge in [-0.3, -0.25) is 4.79 Å². The molecule has 17 heavy (non-hydrogen) atoms. The number of aromatic hydroxyl groups is 1. The predicted molar refractivity (Wildman–Crippen MR) is 71.9 cm³/mol. The summed E-state index contributed by atoms with van der Waals surface area (Å²) in [5, 5.41) is 10.8. The Morgan fingerprint density at radius 3 is 2.88 bits per heavy atom. The molecule has 1 heterocycles. The van der Waals surface area contributed by atoms with E-state index in [0.717, 1.165) is 18.6 Å². The molecule has 2 N–H and O–H groups in total. The first-order valence-electron chi connectivity index (χ1n) is 5.70. The van der Waals surface area contributed by atoms with Gasteiger partial charge in [0, 0.05) is 5.39 Å². The Morgan fingerprint density at radius 1 is 1.35 bits per heavy atom. The second-order valence-corrected chi connectivity index (χ2v) is 4.98. The average molecular weight is 249 g/mol. The highest BCUT2D eigenvalue weighted by Gasteiger charge is 2.11. The minimum Gasteiger partial charge on any atom is -0.506 e. The van der Waals surface area contributed by atoms with E-state index >= 15 is 0 Å². The van der Waals surface area contributed by atoms with Crippen LogP contribution < -0.4 is 5.56 Å². The fourth-order valence-corrected chi connectivity index (χ4v) is 2.73. The number of H-pyrrole nitrogens is 1. The largest absolute Gasteiger partial charge is 0.506 e. The Hall–Kier alpha value is -1.42. The summed E-state index contributed by atoms with van der Waals surface area (Å²) >= 11 is 1.42. The Balaban J connectivity index is 2.45. The molecule has 0 spiro atoms. The quantitative estimate of drug-likeness (QED) is 0.646. The number of aromatic nitrogens is 1. The summed E-state index contributed by atoms with van der Waals surface area (Å²) in [4.78, 5) is 15.0. The SMILES string of the molecule is CCCCSc1c(O)c2ccccc2[nH]c1=O. The second kappa shape index (κ2) is 5.27. The van der Waals surface area contributed by atoms with Crippen LogP contribution in [0, 0.1) is 0 Å². The summed E-state index contributed by atoms with van der Waals surface area (Å²) in [7, 11) is 0. The first-order valence-corrected chi connectivity index (χ1v) is 6.69. The van der Waals surface area contributed by atoms with Gasteiger partial charge in [-0.2, -0.15) is 0 Å². The van der Waals surface area contributed by atoms with Crippen LogP contribution in [0.1, 0.15) is 19.8 Å². The van der Waals surface area contributed by atoms with Gasteiger partial charge in [-0.05, 0) is 24.3 Å². The van der Waals surface area contributed by atoms with Crippen LogP contribution in [0.2, 0.25) is 0 Å². The van der Waals surface area contributed by atoms with E-state index < -0.39 is 0 Å². The van der Waals surface area contributed by atoms with Gasteiger partial charge >= 0.3 is 0 Å². The molecule has 0 fully saturated rings. The summed E-state index contributed by atoms with van der Waals surface area (Å²) < 4.78 is 0. The molecule has 2 rings (SSSR count). The van der Waals surface area contributed by atoms with Crippen molar-refractivity contribution in [2.24, 2.45) is 0 Å². The Kier molecular flexibility index (Phi) is 3.74. The number of para-hydroxylation sites is 1. The molecule has 0 bridgehead atoms. The molecule has 0 aliphatic carbocycles. The van der Waals surface area contributed by atoms with Gasteiger partial charge in [-0.25, -0.2) is 0 Å². The van der Waals surface area contributed by atoms with Crippen molar-refractivity contribution in [2.45, 2.75) is 24.7 Å². The number of benzene rings is 1. The molecule has 1 aromatic heterocycles. The van der Waals surface area contributed by atoms with Gasteiger partial charge in [-0.15, -0.1) is 11.8 Å². The molecule has 0 amide bonds. The number of nitrogens with one attached hydrogen (secondary N) is 1. The molecule has 1 aromatic carbocycles. The minimum absolute atomic E-state index is 0.102. The molecule has 4 heteroatoms. The van der Waals surface area contributed by atoms with Crippen LogP contribution in [0.15, 0.2) is 34.0 Å². The Labute approximate surface area is 104 Å². The van der Waals surface area contributed by atoms with Crippen molar-refractivity contribution in [3.63, 3.8) is 0 Å². The number of aromatic amines is 1. The molecule has 0 aliphatic heterocycles. The van der Waals surface area contributed by atoms with Crippen LogP contribution in [0.3, 0.4) is 0 Å². The highest BCUT2D eigenvalue weighted by atomic mass is 32.2. The number of hydrogen-bond acceptors (Lipinski definition) is 3. The highest BCUT2D eigenvalue weighted by Crippen LogP contribution is 2.31. The van der Waals surface area contributed by atoms with Gasteiger partial charge in [0.25, 0.3) is 5.56 Å². The lowest BCUT2D eigenvalue weighted by Crippen LogP contribution is -2.08. The zero-order valence-electron chi connectivity index (χ0n) is 9.69. The van der Waals surface area contributed by atoms with E-state index in [0.29, 0.717) is 15.8 Å². The van der Waals surface area contributed by atoms with E-state index in [9.17, 15) is 9.90 Å². The Morgan fingerprint density at radius 2 is 2.12 bits per heavy atom. The number of fused-ring (bicyclic) bond motifs is 1. The maximum atomic E-state index is 11.8. The van der Waals surface area contributed by atoms with E-state index in [1.807, 2.05) is 18.2 Å². The van der Waals surface area contributed by atoms with Crippen molar-refractivity contribution in [3.8, 4) is 5.75 Å². The van der Waals surface area contributed by atoms with Gasteiger partial charge in [0.15, 0.2) is 0 Å². The molecule has 0 aliphatic rings. The van der Waals surface area contributed by atoms with E-state index in [4.69, 9.17) is 0 Å². The highest BCUT2D eigenvalue weighted by molar-refractivity contribution is 7.99. The topological polar surface area (TPSA) is 53.1 Å². The summed E-state index contributed by atoms with van der Waals surface area (Å²) in [6, 6.07) is 7.28. The monoisotopic (exact) mass is 249 g/mol. The molecule has 90 valence electrons. The van der Waals surface area contributed by atoms with Crippen LogP contribution >= 0.6 is 11.8 Å². The van der Waals surface area contributed by atoms with Crippen molar-refractivity contribution in [1.82, 2.24) is 4.98 Å². The molecular formula is C13H15NO2S. The molecule has 2 aromatic rings. The number of pyridine rings is 1. The summed E-state index contributed by atoms with van der Waals surface area (Å²) in [5.74, 6) is 0.955. The number of unbranched alkanes of at least 4 members (excludes halogenated alkanes) is 1. The van der Waals surface area contributed by atoms with Gasteiger partial charge in [0.1, 0.15) is 10.6 Å². The third-order valence-corrected chi connectivity index (χ3v) is 3.76. The van der Waals surface area contributed by atoms with E-state index in [2.05, 4.69) is 11.9 Å². The minimum atomic E-state index is -0.206. The first-order chi connectivity index (χ1) is 8.24. The first kappa shape index (κ1) is 12.0. The molecular weight excluding hydrogens is 234 g/mol. The molecule has 3 nitrogen and oxygen atoms in total. The predicted octanol–water partition coefficient (Wildman–Crippen LogP) is 3.13. The van der Waals surface area contributed by atoms with Crippen molar-refractivity contribution in [2.75, 3.05) is 5.75 Å². The van der Waals surface area contributed by atoms with Gasteiger partial charge in [-0.1, -0.05) is 25.5 Å². The van der Waals surface area contributed by atoms with Crippen molar-refractivity contribution >= 4 is 22.7 Å². The lowest BCUT2D eigenvalue weighted by atomic mass is 10.2. The van der Waals surface area contributed by atoms with Crippen molar-refractivity contribution in [3.05, 3.63) is 34.6 Å². The fraction of sp³-hybridized carbons (Fsp3) is 0.308. The molecule has 0 saturated carbocycles. The lowest BCUT2D eigenvalue weighted by molar-refractivity contribution is 0.467. The van der Waals surface area contributed by atoms with E-state index in [1.165, 1.54) is 11.8 Å². The van der Waals surface area contributed by atoms with Gasteiger partial charge in [0.2, 0.25) is 0 Å². The second-order valence-electron chi connectivity index (χ2n) is 3.88. The average Bonchev–Trinajstić information content (AvgIpc) is 2.33. The molecule has 0 saturated heterocycles. The van der Waals surface area contributed by atoms with Crippen LogP contribution in [0.4, 0.5) is 0 Å².